The molecule has 136 valence electrons. The number of amidine groups is 1. The molecule has 0 saturated carbocycles. The van der Waals surface area contributed by atoms with Crippen LogP contribution in [0.5, 0.6) is 0 Å². The van der Waals surface area contributed by atoms with E-state index in [0.717, 1.165) is 22.3 Å². The van der Waals surface area contributed by atoms with Crippen LogP contribution in [0.25, 0.3) is 33.4 Å². The van der Waals surface area contributed by atoms with Gasteiger partial charge in [0.15, 0.2) is 10.6 Å². The molecule has 1 heterocycles. The Morgan fingerprint density at radius 1 is 0.679 bits per heavy atom. The smallest absolute Gasteiger partial charge is 0.169 e. The Kier molecular flexibility index (Phi) is 5.31. The van der Waals surface area contributed by atoms with Gasteiger partial charge in [0.05, 0.1) is 0 Å². The van der Waals surface area contributed by atoms with Crippen LogP contribution in [0, 0.1) is 0 Å². The summed E-state index contributed by atoms with van der Waals surface area (Å²) >= 11 is 3.20. The maximum Gasteiger partial charge on any atom is 0.169 e. The van der Waals surface area contributed by atoms with Gasteiger partial charge in [0.2, 0.25) is 0 Å². The van der Waals surface area contributed by atoms with Crippen molar-refractivity contribution in [2.75, 3.05) is 0 Å². The lowest BCUT2D eigenvalue weighted by molar-refractivity contribution is 1.27. The molecule has 3 aromatic carbocycles. The summed E-state index contributed by atoms with van der Waals surface area (Å²) in [5.41, 5.74) is 12.2. The number of halogens is 1. The van der Waals surface area contributed by atoms with Crippen molar-refractivity contribution in [1.29, 1.82) is 0 Å². The topological polar surface area (TPSA) is 51.3 Å². The van der Waals surface area contributed by atoms with Crippen LogP contribution in [0.15, 0.2) is 102 Å². The molecule has 1 aromatic heterocycles. The predicted molar refractivity (Wildman–Crippen MR) is 121 cm³/mol. The van der Waals surface area contributed by atoms with Crippen molar-refractivity contribution >= 4 is 26.5 Å². The van der Waals surface area contributed by atoms with Gasteiger partial charge >= 0.3 is 0 Å². The summed E-state index contributed by atoms with van der Waals surface area (Å²) in [6.07, 6.45) is 1.83. The summed E-state index contributed by atoms with van der Waals surface area (Å²) in [6.45, 7) is 0. The first-order valence-electron chi connectivity index (χ1n) is 8.92. The molecule has 0 atom stereocenters. The van der Waals surface area contributed by atoms with Gasteiger partial charge in [-0.05, 0) is 44.3 Å². The van der Waals surface area contributed by atoms with E-state index in [4.69, 9.17) is 5.73 Å². The van der Waals surface area contributed by atoms with E-state index in [1.54, 1.807) is 0 Å². The Morgan fingerprint density at radius 3 is 1.75 bits per heavy atom. The first-order valence-corrected chi connectivity index (χ1v) is 9.71. The minimum Gasteiger partial charge on any atom is -0.378 e. The molecule has 4 aromatic rings. The van der Waals surface area contributed by atoms with Gasteiger partial charge in [-0.2, -0.15) is 0 Å². The highest BCUT2D eigenvalue weighted by Crippen LogP contribution is 2.33. The van der Waals surface area contributed by atoms with E-state index in [2.05, 4.69) is 68.4 Å². The summed E-state index contributed by atoms with van der Waals surface area (Å²) < 4.78 is 0.303. The van der Waals surface area contributed by atoms with E-state index in [9.17, 15) is 0 Å². The van der Waals surface area contributed by atoms with Gasteiger partial charge in [-0.25, -0.2) is 9.98 Å². The second-order valence-corrected chi connectivity index (χ2v) is 7.15. The fourth-order valence-corrected chi connectivity index (χ4v) is 3.29. The van der Waals surface area contributed by atoms with Gasteiger partial charge in [-0.1, -0.05) is 84.9 Å². The van der Waals surface area contributed by atoms with Crippen molar-refractivity contribution in [2.45, 2.75) is 0 Å². The number of rotatable bonds is 4. The number of hydrogen-bond donors (Lipinski definition) is 1. The summed E-state index contributed by atoms with van der Waals surface area (Å²) in [6, 6.07) is 31.1. The van der Waals surface area contributed by atoms with Crippen LogP contribution in [0.4, 0.5) is 5.82 Å². The quantitative estimate of drug-likeness (QED) is 0.232. The molecule has 0 spiro atoms. The number of nitrogens with zero attached hydrogens (tertiary/aromatic N) is 2. The summed E-state index contributed by atoms with van der Waals surface area (Å²) in [5.74, 6) is 0.588. The van der Waals surface area contributed by atoms with Crippen molar-refractivity contribution in [1.82, 2.24) is 4.98 Å². The zero-order chi connectivity index (χ0) is 19.3. The van der Waals surface area contributed by atoms with Crippen LogP contribution in [0.3, 0.4) is 0 Å². The fourth-order valence-electron chi connectivity index (χ4n) is 3.12. The molecule has 0 aliphatic carbocycles. The number of hydrogen-bond acceptors (Lipinski definition) is 2. The monoisotopic (exact) mass is 427 g/mol. The SMILES string of the molecule is NC(Br)=Nc1ncc(-c2ccc(-c3ccccc3)cc2)cc1-c1ccccc1. The summed E-state index contributed by atoms with van der Waals surface area (Å²) in [4.78, 5) is 8.88. The lowest BCUT2D eigenvalue weighted by Crippen LogP contribution is -2.00. The Balaban J connectivity index is 1.75. The van der Waals surface area contributed by atoms with Crippen LogP contribution < -0.4 is 5.73 Å². The third-order valence-electron chi connectivity index (χ3n) is 4.49. The lowest BCUT2D eigenvalue weighted by Gasteiger charge is -2.10. The van der Waals surface area contributed by atoms with E-state index in [1.807, 2.05) is 54.7 Å². The van der Waals surface area contributed by atoms with Crippen LogP contribution in [0.1, 0.15) is 0 Å². The third-order valence-corrected chi connectivity index (χ3v) is 4.67. The van der Waals surface area contributed by atoms with Crippen molar-refractivity contribution < 1.29 is 0 Å². The fraction of sp³-hybridized carbons (Fsp3) is 0. The van der Waals surface area contributed by atoms with Crippen LogP contribution in [-0.2, 0) is 0 Å². The number of benzene rings is 3. The molecule has 0 aliphatic heterocycles. The molecular weight excluding hydrogens is 410 g/mol. The minimum absolute atomic E-state index is 0.303. The van der Waals surface area contributed by atoms with Gasteiger partial charge in [-0.3, -0.25) is 0 Å². The largest absolute Gasteiger partial charge is 0.378 e. The molecular formula is C24H18BrN3. The number of nitrogens with two attached hydrogens (primary N) is 1. The Labute approximate surface area is 172 Å². The van der Waals surface area contributed by atoms with Crippen molar-refractivity contribution in [3.63, 3.8) is 0 Å². The zero-order valence-electron chi connectivity index (χ0n) is 15.1. The molecule has 0 unspecified atom stereocenters. The molecule has 0 amide bonds. The summed E-state index contributed by atoms with van der Waals surface area (Å²) in [7, 11) is 0. The maximum absolute atomic E-state index is 5.72. The molecule has 0 fully saturated rings. The highest BCUT2D eigenvalue weighted by atomic mass is 79.9. The molecule has 0 saturated heterocycles. The molecule has 0 aliphatic rings. The highest BCUT2D eigenvalue weighted by Gasteiger charge is 2.09. The van der Waals surface area contributed by atoms with Gasteiger partial charge in [0.25, 0.3) is 0 Å². The standard InChI is InChI=1S/C24H18BrN3/c25-24(26)28-23-22(20-9-5-2-6-10-20)15-21(16-27-23)19-13-11-18(12-14-19)17-7-3-1-4-8-17/h1-16H,(H2,26,27,28). The van der Waals surface area contributed by atoms with E-state index < -0.39 is 0 Å². The molecule has 0 radical (unpaired) electrons. The minimum atomic E-state index is 0.303. The average Bonchev–Trinajstić information content (AvgIpc) is 2.75. The van der Waals surface area contributed by atoms with E-state index in [1.165, 1.54) is 11.1 Å². The van der Waals surface area contributed by atoms with E-state index in [-0.39, 0.29) is 0 Å². The predicted octanol–water partition coefficient (Wildman–Crippen LogP) is 6.42. The molecule has 4 heteroatoms. The van der Waals surface area contributed by atoms with Crippen molar-refractivity contribution in [3.8, 4) is 33.4 Å². The molecule has 0 bridgehead atoms. The van der Waals surface area contributed by atoms with Crippen molar-refractivity contribution in [3.05, 3.63) is 97.2 Å². The first kappa shape index (κ1) is 18.1. The molecule has 3 nitrogen and oxygen atoms in total. The molecule has 4 rings (SSSR count). The lowest BCUT2D eigenvalue weighted by atomic mass is 9.98. The van der Waals surface area contributed by atoms with E-state index >= 15 is 0 Å². The normalized spacial score (nSPS) is 11.4. The highest BCUT2D eigenvalue weighted by molar-refractivity contribution is 9.18. The van der Waals surface area contributed by atoms with Crippen LogP contribution in [-0.4, -0.2) is 9.73 Å². The van der Waals surface area contributed by atoms with Gasteiger partial charge in [-0.15, -0.1) is 0 Å². The Hall–Kier alpha value is -3.24. The van der Waals surface area contributed by atoms with Crippen molar-refractivity contribution in [2.24, 2.45) is 10.7 Å². The summed E-state index contributed by atoms with van der Waals surface area (Å²) in [5, 5.41) is 0. The van der Waals surface area contributed by atoms with Gasteiger partial charge < -0.3 is 5.73 Å². The molecule has 28 heavy (non-hydrogen) atoms. The molecule has 2 N–H and O–H groups in total. The van der Waals surface area contributed by atoms with Gasteiger partial charge in [0.1, 0.15) is 0 Å². The number of aromatic nitrogens is 1. The first-order chi connectivity index (χ1) is 13.7. The van der Waals surface area contributed by atoms with E-state index in [0.29, 0.717) is 10.6 Å². The number of aliphatic imine (C=N–C) groups is 1. The second-order valence-electron chi connectivity index (χ2n) is 6.34. The maximum atomic E-state index is 5.72. The average molecular weight is 428 g/mol. The zero-order valence-corrected chi connectivity index (χ0v) is 16.7. The Morgan fingerprint density at radius 2 is 1.18 bits per heavy atom. The van der Waals surface area contributed by atoms with Crippen LogP contribution >= 0.6 is 15.9 Å². The third kappa shape index (κ3) is 4.02. The van der Waals surface area contributed by atoms with Gasteiger partial charge in [0, 0.05) is 17.3 Å². The Bertz CT molecular complexity index is 1100. The second kappa shape index (κ2) is 8.19. The van der Waals surface area contributed by atoms with Crippen LogP contribution in [0.2, 0.25) is 0 Å². The number of pyridine rings is 1.